The minimum Gasteiger partial charge on any atom is -0.480 e. The molecule has 0 aliphatic carbocycles. The summed E-state index contributed by atoms with van der Waals surface area (Å²) in [6.45, 7) is 8.33. The van der Waals surface area contributed by atoms with Crippen LogP contribution in [0.25, 0.3) is 0 Å². The van der Waals surface area contributed by atoms with Crippen molar-refractivity contribution in [3.63, 3.8) is 0 Å². The largest absolute Gasteiger partial charge is 0.480 e. The third-order valence-electron chi connectivity index (χ3n) is 2.95. The lowest BCUT2D eigenvalue weighted by Gasteiger charge is -2.32. The Kier molecular flexibility index (Phi) is 5.77. The predicted octanol–water partition coefficient (Wildman–Crippen LogP) is 2.22. The zero-order chi connectivity index (χ0) is 11.3. The van der Waals surface area contributed by atoms with Crippen LogP contribution in [0.3, 0.4) is 0 Å². The summed E-state index contributed by atoms with van der Waals surface area (Å²) in [5.41, 5.74) is 0. The molecule has 0 bridgehead atoms. The molecular weight excluding hydrogens is 178 g/mol. The Morgan fingerprint density at radius 3 is 2.14 bits per heavy atom. The summed E-state index contributed by atoms with van der Waals surface area (Å²) in [5.74, 6) is -0.222. The number of rotatable bonds is 6. The van der Waals surface area contributed by atoms with Crippen LogP contribution in [0, 0.1) is 5.92 Å². The van der Waals surface area contributed by atoms with Crippen molar-refractivity contribution in [3.05, 3.63) is 0 Å². The standard InChI is InChI=1S/C11H23NO2/c1-6-7-10(11(13)14)12(5)9(4)8(2)3/h8-10H,6-7H2,1-5H3,(H,13,14). The molecule has 0 heterocycles. The van der Waals surface area contributed by atoms with Crippen LogP contribution in [-0.4, -0.2) is 35.1 Å². The normalized spacial score (nSPS) is 15.9. The topological polar surface area (TPSA) is 40.5 Å². The lowest BCUT2D eigenvalue weighted by atomic mass is 10.0. The quantitative estimate of drug-likeness (QED) is 0.716. The van der Waals surface area contributed by atoms with Crippen LogP contribution in [0.4, 0.5) is 0 Å². The molecule has 0 fully saturated rings. The van der Waals surface area contributed by atoms with E-state index in [1.807, 2.05) is 18.9 Å². The zero-order valence-electron chi connectivity index (χ0n) is 9.95. The van der Waals surface area contributed by atoms with Gasteiger partial charge in [0.15, 0.2) is 0 Å². The van der Waals surface area contributed by atoms with Gasteiger partial charge in [0.05, 0.1) is 0 Å². The first-order valence-corrected chi connectivity index (χ1v) is 5.36. The molecule has 0 aromatic rings. The van der Waals surface area contributed by atoms with Gasteiger partial charge in [0, 0.05) is 6.04 Å². The van der Waals surface area contributed by atoms with Gasteiger partial charge in [-0.15, -0.1) is 0 Å². The number of carboxylic acids is 1. The Bertz CT molecular complexity index is 180. The van der Waals surface area contributed by atoms with Crippen LogP contribution in [0.5, 0.6) is 0 Å². The lowest BCUT2D eigenvalue weighted by Crippen LogP contribution is -2.45. The van der Waals surface area contributed by atoms with E-state index in [4.69, 9.17) is 5.11 Å². The molecule has 0 spiro atoms. The minimum absolute atomic E-state index is 0.308. The molecule has 0 aliphatic rings. The van der Waals surface area contributed by atoms with E-state index in [-0.39, 0.29) is 6.04 Å². The van der Waals surface area contributed by atoms with Crippen LogP contribution in [-0.2, 0) is 4.79 Å². The van der Waals surface area contributed by atoms with E-state index in [1.165, 1.54) is 0 Å². The number of hydrogen-bond acceptors (Lipinski definition) is 2. The predicted molar refractivity (Wildman–Crippen MR) is 58.4 cm³/mol. The molecule has 0 rings (SSSR count). The van der Waals surface area contributed by atoms with E-state index in [1.54, 1.807) is 0 Å². The zero-order valence-corrected chi connectivity index (χ0v) is 9.95. The van der Waals surface area contributed by atoms with Crippen LogP contribution in [0.1, 0.15) is 40.5 Å². The molecule has 0 saturated heterocycles. The molecule has 0 radical (unpaired) electrons. The fourth-order valence-electron chi connectivity index (χ4n) is 1.53. The van der Waals surface area contributed by atoms with Crippen LogP contribution >= 0.6 is 0 Å². The van der Waals surface area contributed by atoms with Crippen molar-refractivity contribution >= 4 is 5.97 Å². The molecule has 0 amide bonds. The second-order valence-electron chi connectivity index (χ2n) is 4.29. The molecular formula is C11H23NO2. The third kappa shape index (κ3) is 3.66. The fraction of sp³-hybridized carbons (Fsp3) is 0.909. The van der Waals surface area contributed by atoms with Crippen molar-refractivity contribution in [1.29, 1.82) is 0 Å². The van der Waals surface area contributed by atoms with Crippen LogP contribution in [0.15, 0.2) is 0 Å². The summed E-state index contributed by atoms with van der Waals surface area (Å²) in [6, 6.07) is -0.0277. The summed E-state index contributed by atoms with van der Waals surface area (Å²) < 4.78 is 0. The fourth-order valence-corrected chi connectivity index (χ4v) is 1.53. The molecule has 1 N–H and O–H groups in total. The second kappa shape index (κ2) is 6.02. The van der Waals surface area contributed by atoms with Gasteiger partial charge >= 0.3 is 5.97 Å². The molecule has 0 aromatic carbocycles. The first-order chi connectivity index (χ1) is 6.41. The molecule has 3 heteroatoms. The van der Waals surface area contributed by atoms with Crippen LogP contribution < -0.4 is 0 Å². The number of carbonyl (C=O) groups is 1. The number of carboxylic acid groups (broad SMARTS) is 1. The minimum atomic E-state index is -0.707. The molecule has 2 unspecified atom stereocenters. The van der Waals surface area contributed by atoms with Gasteiger partial charge < -0.3 is 5.11 Å². The average molecular weight is 201 g/mol. The second-order valence-corrected chi connectivity index (χ2v) is 4.29. The van der Waals surface area contributed by atoms with Crippen molar-refractivity contribution in [1.82, 2.24) is 4.90 Å². The summed E-state index contributed by atoms with van der Waals surface area (Å²) in [5, 5.41) is 9.06. The van der Waals surface area contributed by atoms with Crippen molar-refractivity contribution in [2.24, 2.45) is 5.92 Å². The number of aliphatic carboxylic acids is 1. The first-order valence-electron chi connectivity index (χ1n) is 5.36. The monoisotopic (exact) mass is 201 g/mol. The molecule has 2 atom stereocenters. The highest BCUT2D eigenvalue weighted by Crippen LogP contribution is 2.14. The Labute approximate surface area is 87.1 Å². The van der Waals surface area contributed by atoms with Crippen LogP contribution in [0.2, 0.25) is 0 Å². The van der Waals surface area contributed by atoms with Gasteiger partial charge in [-0.2, -0.15) is 0 Å². The maximum Gasteiger partial charge on any atom is 0.320 e. The van der Waals surface area contributed by atoms with Gasteiger partial charge in [-0.05, 0) is 26.3 Å². The summed E-state index contributed by atoms with van der Waals surface area (Å²) in [6.07, 6.45) is 1.63. The molecule has 84 valence electrons. The molecule has 0 saturated carbocycles. The molecule has 0 aromatic heterocycles. The molecule has 0 aliphatic heterocycles. The highest BCUT2D eigenvalue weighted by Gasteiger charge is 2.26. The van der Waals surface area contributed by atoms with E-state index in [0.29, 0.717) is 12.0 Å². The number of hydrogen-bond donors (Lipinski definition) is 1. The maximum atomic E-state index is 11.0. The van der Waals surface area contributed by atoms with E-state index in [0.717, 1.165) is 12.8 Å². The summed E-state index contributed by atoms with van der Waals surface area (Å²) >= 11 is 0. The Hall–Kier alpha value is -0.570. The van der Waals surface area contributed by atoms with Gasteiger partial charge in [0.2, 0.25) is 0 Å². The Morgan fingerprint density at radius 2 is 1.86 bits per heavy atom. The third-order valence-corrected chi connectivity index (χ3v) is 2.95. The van der Waals surface area contributed by atoms with E-state index < -0.39 is 5.97 Å². The summed E-state index contributed by atoms with van der Waals surface area (Å²) in [4.78, 5) is 13.0. The van der Waals surface area contributed by atoms with E-state index in [2.05, 4.69) is 20.8 Å². The highest BCUT2D eigenvalue weighted by atomic mass is 16.4. The van der Waals surface area contributed by atoms with E-state index in [9.17, 15) is 4.79 Å². The van der Waals surface area contributed by atoms with Crippen molar-refractivity contribution in [3.8, 4) is 0 Å². The van der Waals surface area contributed by atoms with Gasteiger partial charge in [0.1, 0.15) is 6.04 Å². The highest BCUT2D eigenvalue weighted by molar-refractivity contribution is 5.73. The molecule has 14 heavy (non-hydrogen) atoms. The van der Waals surface area contributed by atoms with E-state index >= 15 is 0 Å². The number of likely N-dealkylation sites (N-methyl/N-ethyl adjacent to an activating group) is 1. The summed E-state index contributed by atoms with van der Waals surface area (Å²) in [7, 11) is 1.90. The lowest BCUT2D eigenvalue weighted by molar-refractivity contribution is -0.144. The van der Waals surface area contributed by atoms with Gasteiger partial charge in [-0.1, -0.05) is 27.2 Å². The maximum absolute atomic E-state index is 11.0. The van der Waals surface area contributed by atoms with Crippen molar-refractivity contribution < 1.29 is 9.90 Å². The van der Waals surface area contributed by atoms with Gasteiger partial charge in [-0.25, -0.2) is 0 Å². The SMILES string of the molecule is CCCC(C(=O)O)N(C)C(C)C(C)C. The molecule has 3 nitrogen and oxygen atoms in total. The first kappa shape index (κ1) is 13.4. The average Bonchev–Trinajstić information content (AvgIpc) is 2.11. The van der Waals surface area contributed by atoms with Gasteiger partial charge in [0.25, 0.3) is 0 Å². The Balaban J connectivity index is 4.42. The smallest absolute Gasteiger partial charge is 0.320 e. The van der Waals surface area contributed by atoms with Crippen molar-refractivity contribution in [2.45, 2.75) is 52.6 Å². The number of nitrogens with zero attached hydrogens (tertiary/aromatic N) is 1. The van der Waals surface area contributed by atoms with Gasteiger partial charge in [-0.3, -0.25) is 9.69 Å². The van der Waals surface area contributed by atoms with Crippen molar-refractivity contribution in [2.75, 3.05) is 7.05 Å². The Morgan fingerprint density at radius 1 is 1.36 bits per heavy atom.